The molecule has 2 rings (SSSR count). The van der Waals surface area contributed by atoms with Gasteiger partial charge in [-0.1, -0.05) is 18.2 Å². The van der Waals surface area contributed by atoms with Crippen molar-refractivity contribution in [2.45, 2.75) is 30.9 Å². The Labute approximate surface area is 163 Å². The van der Waals surface area contributed by atoms with Crippen LogP contribution in [-0.4, -0.2) is 33.4 Å². The number of sulfonamides is 1. The van der Waals surface area contributed by atoms with Crippen LogP contribution >= 0.6 is 0 Å². The standard InChI is InChI=1S/C19H21FN2O5S/c1-12(14-7-9-16(20)10-8-14)22-18(23)13(2)27-19(24)15-5-4-6-17(11-15)28(25,26)21-3/h4-13,21H,1-3H3,(H,22,23)/t12-,13+/m0/s1. The maximum atomic E-state index is 13.0. The molecular weight excluding hydrogens is 387 g/mol. The first-order valence-electron chi connectivity index (χ1n) is 8.44. The number of hydrogen-bond acceptors (Lipinski definition) is 5. The molecule has 150 valence electrons. The molecule has 0 saturated carbocycles. The lowest BCUT2D eigenvalue weighted by Crippen LogP contribution is -2.37. The fourth-order valence-electron chi connectivity index (χ4n) is 2.36. The fourth-order valence-corrected chi connectivity index (χ4v) is 3.13. The number of benzene rings is 2. The highest BCUT2D eigenvalue weighted by Crippen LogP contribution is 2.15. The molecule has 0 bridgehead atoms. The summed E-state index contributed by atoms with van der Waals surface area (Å²) in [5.41, 5.74) is 0.695. The topological polar surface area (TPSA) is 102 Å². The molecule has 9 heteroatoms. The average Bonchev–Trinajstić information content (AvgIpc) is 2.68. The third-order valence-electron chi connectivity index (χ3n) is 4.03. The maximum Gasteiger partial charge on any atom is 0.338 e. The van der Waals surface area contributed by atoms with Crippen LogP contribution in [0.5, 0.6) is 0 Å². The summed E-state index contributed by atoms with van der Waals surface area (Å²) < 4.78 is 43.9. The van der Waals surface area contributed by atoms with Crippen LogP contribution < -0.4 is 10.0 Å². The van der Waals surface area contributed by atoms with Crippen LogP contribution in [-0.2, 0) is 19.6 Å². The molecule has 0 spiro atoms. The zero-order valence-corrected chi connectivity index (χ0v) is 16.4. The zero-order chi connectivity index (χ0) is 20.9. The molecule has 0 aliphatic carbocycles. The number of halogens is 1. The molecule has 2 aromatic rings. The van der Waals surface area contributed by atoms with Crippen molar-refractivity contribution in [2.75, 3.05) is 7.05 Å². The van der Waals surface area contributed by atoms with Gasteiger partial charge < -0.3 is 10.1 Å². The van der Waals surface area contributed by atoms with Crippen LogP contribution in [0.3, 0.4) is 0 Å². The molecule has 28 heavy (non-hydrogen) atoms. The lowest BCUT2D eigenvalue weighted by molar-refractivity contribution is -0.129. The minimum absolute atomic E-state index is 0.00237. The Morgan fingerprint density at radius 3 is 2.32 bits per heavy atom. The van der Waals surface area contributed by atoms with Crippen molar-refractivity contribution < 1.29 is 27.1 Å². The number of carbonyl (C=O) groups excluding carboxylic acids is 2. The van der Waals surface area contributed by atoms with Crippen molar-refractivity contribution in [1.82, 2.24) is 10.0 Å². The largest absolute Gasteiger partial charge is 0.449 e. The van der Waals surface area contributed by atoms with E-state index in [-0.39, 0.29) is 16.3 Å². The van der Waals surface area contributed by atoms with E-state index in [2.05, 4.69) is 10.0 Å². The Balaban J connectivity index is 2.02. The van der Waals surface area contributed by atoms with Gasteiger partial charge in [-0.05, 0) is 56.8 Å². The summed E-state index contributed by atoms with van der Waals surface area (Å²) >= 11 is 0. The van der Waals surface area contributed by atoms with Crippen LogP contribution in [0.2, 0.25) is 0 Å². The first-order valence-corrected chi connectivity index (χ1v) is 9.93. The van der Waals surface area contributed by atoms with Gasteiger partial charge in [0.05, 0.1) is 16.5 Å². The van der Waals surface area contributed by atoms with Gasteiger partial charge in [0, 0.05) is 0 Å². The van der Waals surface area contributed by atoms with E-state index in [9.17, 15) is 22.4 Å². The van der Waals surface area contributed by atoms with Crippen molar-refractivity contribution in [3.63, 3.8) is 0 Å². The molecular formula is C19H21FN2O5S. The summed E-state index contributed by atoms with van der Waals surface area (Å²) in [6, 6.07) is 10.5. The molecule has 0 heterocycles. The van der Waals surface area contributed by atoms with Crippen LogP contribution in [0.4, 0.5) is 4.39 Å². The molecule has 2 N–H and O–H groups in total. The average molecular weight is 408 g/mol. The SMILES string of the molecule is CNS(=O)(=O)c1cccc(C(=O)O[C@H](C)C(=O)N[C@@H](C)c2ccc(F)cc2)c1. The van der Waals surface area contributed by atoms with Gasteiger partial charge in [-0.25, -0.2) is 22.3 Å². The lowest BCUT2D eigenvalue weighted by atomic mass is 10.1. The second kappa shape index (κ2) is 8.94. The molecule has 0 unspecified atom stereocenters. The molecule has 0 fully saturated rings. The molecule has 2 atom stereocenters. The number of amides is 1. The van der Waals surface area contributed by atoms with Crippen LogP contribution in [0, 0.1) is 5.82 Å². The maximum absolute atomic E-state index is 13.0. The van der Waals surface area contributed by atoms with E-state index < -0.39 is 34.0 Å². The predicted molar refractivity (Wildman–Crippen MR) is 101 cm³/mol. The summed E-state index contributed by atoms with van der Waals surface area (Å²) in [6.45, 7) is 3.12. The van der Waals surface area contributed by atoms with E-state index in [1.807, 2.05) is 0 Å². The number of rotatable bonds is 7. The number of carbonyl (C=O) groups is 2. The zero-order valence-electron chi connectivity index (χ0n) is 15.6. The van der Waals surface area contributed by atoms with Gasteiger partial charge in [-0.2, -0.15) is 0 Å². The highest BCUT2D eigenvalue weighted by Gasteiger charge is 2.22. The van der Waals surface area contributed by atoms with E-state index in [0.717, 1.165) is 0 Å². The monoisotopic (exact) mass is 408 g/mol. The molecule has 0 radical (unpaired) electrons. The van der Waals surface area contributed by atoms with E-state index >= 15 is 0 Å². The van der Waals surface area contributed by atoms with Crippen molar-refractivity contribution in [3.05, 3.63) is 65.5 Å². The normalized spacial score (nSPS) is 13.4. The summed E-state index contributed by atoms with van der Waals surface area (Å²) in [7, 11) is -2.45. The summed E-state index contributed by atoms with van der Waals surface area (Å²) in [5, 5.41) is 2.67. The number of esters is 1. The number of nitrogens with one attached hydrogen (secondary N) is 2. The van der Waals surface area contributed by atoms with Crippen molar-refractivity contribution in [2.24, 2.45) is 0 Å². The fraction of sp³-hybridized carbons (Fsp3) is 0.263. The minimum atomic E-state index is -3.71. The van der Waals surface area contributed by atoms with Gasteiger partial charge in [0.25, 0.3) is 5.91 Å². The molecule has 7 nitrogen and oxygen atoms in total. The first-order chi connectivity index (χ1) is 13.1. The van der Waals surface area contributed by atoms with E-state index in [4.69, 9.17) is 4.74 Å². The second-order valence-electron chi connectivity index (χ2n) is 6.06. The van der Waals surface area contributed by atoms with Crippen molar-refractivity contribution >= 4 is 21.9 Å². The quantitative estimate of drug-likeness (QED) is 0.684. The van der Waals surface area contributed by atoms with Crippen LogP contribution in [0.15, 0.2) is 53.4 Å². The molecule has 1 amide bonds. The van der Waals surface area contributed by atoms with Gasteiger partial charge in [0.2, 0.25) is 10.0 Å². The third-order valence-corrected chi connectivity index (χ3v) is 5.44. The highest BCUT2D eigenvalue weighted by molar-refractivity contribution is 7.89. The Morgan fingerprint density at radius 1 is 1.07 bits per heavy atom. The summed E-state index contributed by atoms with van der Waals surface area (Å²) in [4.78, 5) is 24.4. The third kappa shape index (κ3) is 5.37. The smallest absolute Gasteiger partial charge is 0.338 e. The van der Waals surface area contributed by atoms with Gasteiger partial charge in [-0.15, -0.1) is 0 Å². The van der Waals surface area contributed by atoms with Crippen LogP contribution in [0.25, 0.3) is 0 Å². The number of ether oxygens (including phenoxy) is 1. The Hall–Kier alpha value is -2.78. The Kier molecular flexibility index (Phi) is 6.87. The number of hydrogen-bond donors (Lipinski definition) is 2. The van der Waals surface area contributed by atoms with E-state index in [1.165, 1.54) is 50.4 Å². The summed E-state index contributed by atoms with van der Waals surface area (Å²) in [6.07, 6.45) is -1.11. The minimum Gasteiger partial charge on any atom is -0.449 e. The predicted octanol–water partition coefficient (Wildman–Crippen LogP) is 2.16. The van der Waals surface area contributed by atoms with E-state index in [1.54, 1.807) is 19.1 Å². The second-order valence-corrected chi connectivity index (χ2v) is 7.95. The first kappa shape index (κ1) is 21.5. The molecule has 0 aromatic heterocycles. The van der Waals surface area contributed by atoms with Crippen molar-refractivity contribution in [1.29, 1.82) is 0 Å². The van der Waals surface area contributed by atoms with Crippen molar-refractivity contribution in [3.8, 4) is 0 Å². The lowest BCUT2D eigenvalue weighted by Gasteiger charge is -2.18. The Morgan fingerprint density at radius 2 is 1.71 bits per heavy atom. The molecule has 0 aliphatic rings. The molecule has 2 aromatic carbocycles. The molecule has 0 aliphatic heterocycles. The highest BCUT2D eigenvalue weighted by atomic mass is 32.2. The van der Waals surface area contributed by atoms with Gasteiger partial charge in [0.1, 0.15) is 5.82 Å². The van der Waals surface area contributed by atoms with Gasteiger partial charge in [-0.3, -0.25) is 4.79 Å². The van der Waals surface area contributed by atoms with Crippen LogP contribution in [0.1, 0.15) is 35.8 Å². The van der Waals surface area contributed by atoms with Gasteiger partial charge >= 0.3 is 5.97 Å². The summed E-state index contributed by atoms with van der Waals surface area (Å²) in [5.74, 6) is -1.75. The van der Waals surface area contributed by atoms with Gasteiger partial charge in [0.15, 0.2) is 6.10 Å². The molecule has 0 saturated heterocycles. The van der Waals surface area contributed by atoms with E-state index in [0.29, 0.717) is 5.56 Å². The Bertz CT molecular complexity index is 961.